The molecule has 11 heavy (non-hydrogen) atoms. The van der Waals surface area contributed by atoms with Gasteiger partial charge in [0, 0.05) is 6.20 Å². The summed E-state index contributed by atoms with van der Waals surface area (Å²) < 4.78 is 5.20. The second kappa shape index (κ2) is 3.37. The molecule has 0 radical (unpaired) electrons. The third-order valence-corrected chi connectivity index (χ3v) is 1.71. The van der Waals surface area contributed by atoms with Gasteiger partial charge in [-0.3, -0.25) is 4.98 Å². The third kappa shape index (κ3) is 1.50. The predicted molar refractivity (Wildman–Crippen MR) is 44.9 cm³/mol. The summed E-state index contributed by atoms with van der Waals surface area (Å²) in [6.45, 7) is 4.10. The lowest BCUT2D eigenvalue weighted by molar-refractivity contribution is 0.404. The Bertz CT molecular complexity index is 245. The maximum Gasteiger partial charge on any atom is 0.143 e. The summed E-state index contributed by atoms with van der Waals surface area (Å²) in [5.41, 5.74) is 2.19. The first-order valence-corrected chi connectivity index (χ1v) is 3.78. The average Bonchev–Trinajstić information content (AvgIpc) is 2.04. The van der Waals surface area contributed by atoms with E-state index in [1.165, 1.54) is 0 Å². The second-order valence-electron chi connectivity index (χ2n) is 2.46. The van der Waals surface area contributed by atoms with Crippen molar-refractivity contribution in [3.63, 3.8) is 0 Å². The van der Waals surface area contributed by atoms with Gasteiger partial charge in [-0.2, -0.15) is 0 Å². The first kappa shape index (κ1) is 8.05. The molecule has 1 heterocycles. The van der Waals surface area contributed by atoms with Gasteiger partial charge in [-0.05, 0) is 25.0 Å². The van der Waals surface area contributed by atoms with Crippen LogP contribution >= 0.6 is 0 Å². The molecule has 0 aliphatic carbocycles. The predicted octanol–water partition coefficient (Wildman–Crippen LogP) is 1.96. The minimum atomic E-state index is 0.921. The van der Waals surface area contributed by atoms with Crippen LogP contribution in [0.4, 0.5) is 0 Å². The lowest BCUT2D eigenvalue weighted by Gasteiger charge is -2.07. The fourth-order valence-electron chi connectivity index (χ4n) is 1.13. The van der Waals surface area contributed by atoms with Crippen molar-refractivity contribution in [3.8, 4) is 5.75 Å². The topological polar surface area (TPSA) is 22.1 Å². The Morgan fingerprint density at radius 3 is 2.73 bits per heavy atom. The van der Waals surface area contributed by atoms with Gasteiger partial charge in [-0.1, -0.05) is 6.92 Å². The molecule has 0 bridgehead atoms. The molecule has 0 aliphatic rings. The van der Waals surface area contributed by atoms with Crippen molar-refractivity contribution in [3.05, 3.63) is 23.5 Å². The number of methoxy groups -OCH3 is 1. The Labute approximate surface area is 67.2 Å². The largest absolute Gasteiger partial charge is 0.495 e. The first-order chi connectivity index (χ1) is 5.29. The molecule has 0 unspecified atom stereocenters. The quantitative estimate of drug-likeness (QED) is 0.644. The molecule has 0 saturated heterocycles. The van der Waals surface area contributed by atoms with Crippen LogP contribution in [0.1, 0.15) is 18.2 Å². The van der Waals surface area contributed by atoms with E-state index in [1.54, 1.807) is 7.11 Å². The Morgan fingerprint density at radius 1 is 1.55 bits per heavy atom. The molecule has 60 valence electrons. The molecule has 1 rings (SSSR count). The second-order valence-corrected chi connectivity index (χ2v) is 2.46. The fraction of sp³-hybridized carbons (Fsp3) is 0.444. The van der Waals surface area contributed by atoms with Crippen LogP contribution in [0, 0.1) is 6.92 Å². The van der Waals surface area contributed by atoms with E-state index in [1.807, 2.05) is 19.2 Å². The average molecular weight is 151 g/mol. The van der Waals surface area contributed by atoms with Crippen molar-refractivity contribution in [1.82, 2.24) is 4.98 Å². The molecule has 0 saturated carbocycles. The number of pyridine rings is 1. The number of hydrogen-bond donors (Lipinski definition) is 0. The lowest BCUT2D eigenvalue weighted by atomic mass is 10.2. The summed E-state index contributed by atoms with van der Waals surface area (Å²) in [5.74, 6) is 0.926. The first-order valence-electron chi connectivity index (χ1n) is 3.78. The highest BCUT2D eigenvalue weighted by Gasteiger charge is 2.03. The third-order valence-electron chi connectivity index (χ3n) is 1.71. The monoisotopic (exact) mass is 151 g/mol. The van der Waals surface area contributed by atoms with Gasteiger partial charge in [0.15, 0.2) is 0 Å². The standard InChI is InChI=1S/C9H13NO/c1-4-8-9(11-3)7(2)5-6-10-8/h5-6H,4H2,1-3H3. The van der Waals surface area contributed by atoms with Crippen LogP contribution in [-0.2, 0) is 6.42 Å². The SMILES string of the molecule is CCc1nccc(C)c1OC. The van der Waals surface area contributed by atoms with Crippen molar-refractivity contribution in [2.24, 2.45) is 0 Å². The van der Waals surface area contributed by atoms with Crippen molar-refractivity contribution >= 4 is 0 Å². The Hall–Kier alpha value is -1.05. The van der Waals surface area contributed by atoms with Crippen LogP contribution in [-0.4, -0.2) is 12.1 Å². The van der Waals surface area contributed by atoms with Gasteiger partial charge < -0.3 is 4.74 Å². The van der Waals surface area contributed by atoms with Crippen LogP contribution in [0.2, 0.25) is 0 Å². The lowest BCUT2D eigenvalue weighted by Crippen LogP contribution is -1.95. The molecular weight excluding hydrogens is 138 g/mol. The molecule has 0 spiro atoms. The number of nitrogens with zero attached hydrogens (tertiary/aromatic N) is 1. The zero-order valence-electron chi connectivity index (χ0n) is 7.22. The van der Waals surface area contributed by atoms with Crippen LogP contribution in [0.15, 0.2) is 12.3 Å². The fourth-order valence-corrected chi connectivity index (χ4v) is 1.13. The number of aryl methyl sites for hydroxylation is 2. The molecule has 0 aliphatic heterocycles. The van der Waals surface area contributed by atoms with E-state index in [9.17, 15) is 0 Å². The summed E-state index contributed by atoms with van der Waals surface area (Å²) in [4.78, 5) is 4.20. The minimum absolute atomic E-state index is 0.921. The molecule has 0 amide bonds. The maximum absolute atomic E-state index is 5.20. The number of hydrogen-bond acceptors (Lipinski definition) is 2. The van der Waals surface area contributed by atoms with Gasteiger partial charge in [0.25, 0.3) is 0 Å². The highest BCUT2D eigenvalue weighted by molar-refractivity contribution is 5.35. The number of rotatable bonds is 2. The van der Waals surface area contributed by atoms with E-state index in [-0.39, 0.29) is 0 Å². The normalized spacial score (nSPS) is 9.73. The van der Waals surface area contributed by atoms with Crippen LogP contribution in [0.25, 0.3) is 0 Å². The van der Waals surface area contributed by atoms with Crippen LogP contribution in [0.5, 0.6) is 5.75 Å². The van der Waals surface area contributed by atoms with E-state index in [0.717, 1.165) is 23.4 Å². The highest BCUT2D eigenvalue weighted by Crippen LogP contribution is 2.20. The van der Waals surface area contributed by atoms with Gasteiger partial charge in [0.1, 0.15) is 5.75 Å². The molecule has 0 atom stereocenters. The smallest absolute Gasteiger partial charge is 0.143 e. The molecule has 1 aromatic heterocycles. The molecular formula is C9H13NO. The summed E-state index contributed by atoms with van der Waals surface area (Å²) in [6, 6.07) is 1.96. The molecule has 2 heteroatoms. The van der Waals surface area contributed by atoms with Gasteiger partial charge in [0.2, 0.25) is 0 Å². The molecule has 0 aromatic carbocycles. The van der Waals surface area contributed by atoms with E-state index < -0.39 is 0 Å². The summed E-state index contributed by atoms with van der Waals surface area (Å²) in [6.07, 6.45) is 2.74. The van der Waals surface area contributed by atoms with Gasteiger partial charge in [0.05, 0.1) is 12.8 Å². The van der Waals surface area contributed by atoms with Crippen molar-refractivity contribution < 1.29 is 4.74 Å². The van der Waals surface area contributed by atoms with E-state index in [0.29, 0.717) is 0 Å². The number of aromatic nitrogens is 1. The van der Waals surface area contributed by atoms with E-state index >= 15 is 0 Å². The maximum atomic E-state index is 5.20. The molecule has 2 nitrogen and oxygen atoms in total. The zero-order valence-corrected chi connectivity index (χ0v) is 7.22. The summed E-state index contributed by atoms with van der Waals surface area (Å²) >= 11 is 0. The van der Waals surface area contributed by atoms with Gasteiger partial charge >= 0.3 is 0 Å². The molecule has 0 fully saturated rings. The Morgan fingerprint density at radius 2 is 2.27 bits per heavy atom. The van der Waals surface area contributed by atoms with E-state index in [4.69, 9.17) is 4.74 Å². The Balaban J connectivity index is 3.13. The zero-order chi connectivity index (χ0) is 8.27. The number of ether oxygens (including phenoxy) is 1. The molecule has 0 N–H and O–H groups in total. The van der Waals surface area contributed by atoms with Crippen molar-refractivity contribution in [2.75, 3.05) is 7.11 Å². The van der Waals surface area contributed by atoms with Crippen LogP contribution < -0.4 is 4.74 Å². The van der Waals surface area contributed by atoms with Gasteiger partial charge in [-0.15, -0.1) is 0 Å². The van der Waals surface area contributed by atoms with Gasteiger partial charge in [-0.25, -0.2) is 0 Å². The molecule has 1 aromatic rings. The highest BCUT2D eigenvalue weighted by atomic mass is 16.5. The van der Waals surface area contributed by atoms with Crippen LogP contribution in [0.3, 0.4) is 0 Å². The van der Waals surface area contributed by atoms with E-state index in [2.05, 4.69) is 11.9 Å². The summed E-state index contributed by atoms with van der Waals surface area (Å²) in [7, 11) is 1.68. The summed E-state index contributed by atoms with van der Waals surface area (Å²) in [5, 5.41) is 0. The van der Waals surface area contributed by atoms with Crippen molar-refractivity contribution in [1.29, 1.82) is 0 Å². The Kier molecular flexibility index (Phi) is 2.47. The van der Waals surface area contributed by atoms with Crippen molar-refractivity contribution in [2.45, 2.75) is 20.3 Å². The minimum Gasteiger partial charge on any atom is -0.495 e.